The molecule has 0 fully saturated rings. The van der Waals surface area contributed by atoms with Crippen LogP contribution in [0.1, 0.15) is 11.3 Å². The lowest BCUT2D eigenvalue weighted by Gasteiger charge is -1.92. The molecule has 0 aliphatic heterocycles. The number of rotatable bonds is 2. The Bertz CT molecular complexity index is 430. The van der Waals surface area contributed by atoms with Crippen LogP contribution in [0, 0.1) is 6.92 Å². The fraction of sp³-hybridized carbons (Fsp3) is 0.222. The van der Waals surface area contributed by atoms with E-state index in [0.717, 1.165) is 20.1 Å². The molecule has 0 spiro atoms. The standard InChI is InChI=1S/C9H9BrN2OS/c1-5-2-7(14-9(5)10)8-6(3-11)12-4-13-8/h2,4H,3,11H2,1H3. The van der Waals surface area contributed by atoms with Crippen molar-refractivity contribution >= 4 is 27.3 Å². The molecule has 0 saturated heterocycles. The van der Waals surface area contributed by atoms with E-state index in [9.17, 15) is 0 Å². The first kappa shape index (κ1) is 9.89. The highest BCUT2D eigenvalue weighted by Gasteiger charge is 2.12. The van der Waals surface area contributed by atoms with Gasteiger partial charge in [0.1, 0.15) is 5.69 Å². The first-order chi connectivity index (χ1) is 6.72. The molecule has 0 bridgehead atoms. The van der Waals surface area contributed by atoms with Crippen LogP contribution in [0.25, 0.3) is 10.6 Å². The molecule has 0 aliphatic rings. The van der Waals surface area contributed by atoms with Gasteiger partial charge in [-0.3, -0.25) is 0 Å². The third-order valence-corrected chi connectivity index (χ3v) is 4.05. The van der Waals surface area contributed by atoms with E-state index in [1.165, 1.54) is 12.0 Å². The third-order valence-electron chi connectivity index (χ3n) is 1.92. The molecule has 14 heavy (non-hydrogen) atoms. The van der Waals surface area contributed by atoms with Gasteiger partial charge in [-0.15, -0.1) is 11.3 Å². The average molecular weight is 273 g/mol. The van der Waals surface area contributed by atoms with Gasteiger partial charge in [-0.05, 0) is 34.5 Å². The number of aryl methyl sites for hydroxylation is 1. The zero-order chi connectivity index (χ0) is 10.1. The maximum Gasteiger partial charge on any atom is 0.181 e. The van der Waals surface area contributed by atoms with Gasteiger partial charge in [-0.25, -0.2) is 4.98 Å². The van der Waals surface area contributed by atoms with Gasteiger partial charge >= 0.3 is 0 Å². The molecule has 0 radical (unpaired) electrons. The Morgan fingerprint density at radius 3 is 3.00 bits per heavy atom. The highest BCUT2D eigenvalue weighted by atomic mass is 79.9. The van der Waals surface area contributed by atoms with Crippen LogP contribution in [0.15, 0.2) is 20.7 Å². The van der Waals surface area contributed by atoms with Crippen LogP contribution >= 0.6 is 27.3 Å². The van der Waals surface area contributed by atoms with E-state index in [0.29, 0.717) is 6.54 Å². The summed E-state index contributed by atoms with van der Waals surface area (Å²) >= 11 is 5.10. The minimum Gasteiger partial charge on any atom is -0.442 e. The van der Waals surface area contributed by atoms with E-state index >= 15 is 0 Å². The smallest absolute Gasteiger partial charge is 0.181 e. The predicted molar refractivity (Wildman–Crippen MR) is 60.1 cm³/mol. The summed E-state index contributed by atoms with van der Waals surface area (Å²) in [5.74, 6) is 0.784. The van der Waals surface area contributed by atoms with Crippen molar-refractivity contribution in [3.8, 4) is 10.6 Å². The molecule has 0 aliphatic carbocycles. The zero-order valence-electron chi connectivity index (χ0n) is 7.58. The summed E-state index contributed by atoms with van der Waals surface area (Å²) in [6.07, 6.45) is 1.43. The van der Waals surface area contributed by atoms with Crippen LogP contribution in [-0.4, -0.2) is 4.98 Å². The van der Waals surface area contributed by atoms with E-state index < -0.39 is 0 Å². The first-order valence-electron chi connectivity index (χ1n) is 4.11. The molecule has 2 rings (SSSR count). The van der Waals surface area contributed by atoms with Crippen LogP contribution in [0.4, 0.5) is 0 Å². The van der Waals surface area contributed by atoms with Crippen molar-refractivity contribution < 1.29 is 4.42 Å². The van der Waals surface area contributed by atoms with Crippen LogP contribution in [0.3, 0.4) is 0 Å². The first-order valence-corrected chi connectivity index (χ1v) is 5.72. The van der Waals surface area contributed by atoms with E-state index in [1.807, 2.05) is 6.92 Å². The molecule has 2 aromatic heterocycles. The number of aromatic nitrogens is 1. The molecule has 74 valence electrons. The minimum absolute atomic E-state index is 0.403. The largest absolute Gasteiger partial charge is 0.442 e. The molecular weight excluding hydrogens is 264 g/mol. The number of halogens is 1. The quantitative estimate of drug-likeness (QED) is 0.915. The van der Waals surface area contributed by atoms with E-state index in [2.05, 4.69) is 27.0 Å². The maximum atomic E-state index is 5.55. The lowest BCUT2D eigenvalue weighted by atomic mass is 10.2. The lowest BCUT2D eigenvalue weighted by molar-refractivity contribution is 0.572. The summed E-state index contributed by atoms with van der Waals surface area (Å²) in [4.78, 5) is 5.11. The number of hydrogen-bond donors (Lipinski definition) is 1. The molecule has 0 amide bonds. The number of hydrogen-bond acceptors (Lipinski definition) is 4. The van der Waals surface area contributed by atoms with Crippen molar-refractivity contribution in [3.63, 3.8) is 0 Å². The van der Waals surface area contributed by atoms with Gasteiger partial charge in [0.25, 0.3) is 0 Å². The van der Waals surface area contributed by atoms with Crippen LogP contribution in [0.5, 0.6) is 0 Å². The van der Waals surface area contributed by atoms with Crippen LogP contribution < -0.4 is 5.73 Å². The van der Waals surface area contributed by atoms with Crippen LogP contribution in [0.2, 0.25) is 0 Å². The Morgan fingerprint density at radius 2 is 2.43 bits per heavy atom. The topological polar surface area (TPSA) is 52.0 Å². The fourth-order valence-corrected chi connectivity index (χ4v) is 2.73. The third kappa shape index (κ3) is 1.63. The van der Waals surface area contributed by atoms with Gasteiger partial charge < -0.3 is 10.2 Å². The lowest BCUT2D eigenvalue weighted by Crippen LogP contribution is -1.97. The normalized spacial score (nSPS) is 10.8. The van der Waals surface area contributed by atoms with Crippen molar-refractivity contribution in [1.29, 1.82) is 0 Å². The maximum absolute atomic E-state index is 5.55. The van der Waals surface area contributed by atoms with E-state index in [4.69, 9.17) is 10.2 Å². The predicted octanol–water partition coefficient (Wildman–Crippen LogP) is 2.93. The van der Waals surface area contributed by atoms with E-state index in [1.54, 1.807) is 11.3 Å². The Balaban J connectivity index is 2.49. The number of oxazole rings is 1. The Hall–Kier alpha value is -0.650. The summed E-state index contributed by atoms with van der Waals surface area (Å²) in [6, 6.07) is 2.06. The second-order valence-electron chi connectivity index (χ2n) is 2.90. The summed E-state index contributed by atoms with van der Waals surface area (Å²) in [5, 5.41) is 0. The van der Waals surface area contributed by atoms with Gasteiger partial charge in [0.15, 0.2) is 12.2 Å². The highest BCUT2D eigenvalue weighted by Crippen LogP contribution is 2.35. The van der Waals surface area contributed by atoms with E-state index in [-0.39, 0.29) is 0 Å². The molecule has 2 aromatic rings. The molecule has 2 N–H and O–H groups in total. The summed E-state index contributed by atoms with van der Waals surface area (Å²) in [5.41, 5.74) is 7.55. The second kappa shape index (κ2) is 3.84. The number of thiophene rings is 1. The van der Waals surface area contributed by atoms with Crippen molar-refractivity contribution in [2.75, 3.05) is 0 Å². The highest BCUT2D eigenvalue weighted by molar-refractivity contribution is 9.11. The molecule has 0 atom stereocenters. The second-order valence-corrected chi connectivity index (χ2v) is 5.27. The number of nitrogens with two attached hydrogens (primary N) is 1. The molecule has 2 heterocycles. The SMILES string of the molecule is Cc1cc(-c2ocnc2CN)sc1Br. The molecule has 3 nitrogen and oxygen atoms in total. The van der Waals surface area contributed by atoms with Gasteiger partial charge in [0.05, 0.1) is 8.66 Å². The zero-order valence-corrected chi connectivity index (χ0v) is 9.98. The van der Waals surface area contributed by atoms with Crippen molar-refractivity contribution in [1.82, 2.24) is 4.98 Å². The van der Waals surface area contributed by atoms with Gasteiger partial charge in [-0.1, -0.05) is 0 Å². The number of nitrogens with zero attached hydrogens (tertiary/aromatic N) is 1. The molecule has 0 aromatic carbocycles. The van der Waals surface area contributed by atoms with Crippen molar-refractivity contribution in [2.45, 2.75) is 13.5 Å². The van der Waals surface area contributed by atoms with Gasteiger partial charge in [0.2, 0.25) is 0 Å². The van der Waals surface area contributed by atoms with Crippen molar-refractivity contribution in [3.05, 3.63) is 27.5 Å². The summed E-state index contributed by atoms with van der Waals surface area (Å²) in [6.45, 7) is 2.45. The molecule has 5 heteroatoms. The summed E-state index contributed by atoms with van der Waals surface area (Å²) < 4.78 is 6.43. The average Bonchev–Trinajstić information content (AvgIpc) is 2.73. The molecule has 0 saturated carbocycles. The monoisotopic (exact) mass is 272 g/mol. The van der Waals surface area contributed by atoms with Crippen LogP contribution in [-0.2, 0) is 6.54 Å². The minimum atomic E-state index is 0.403. The Labute approximate surface area is 94.1 Å². The molecular formula is C9H9BrN2OS. The van der Waals surface area contributed by atoms with Gasteiger partial charge in [0, 0.05) is 6.54 Å². The molecule has 0 unspecified atom stereocenters. The summed E-state index contributed by atoms with van der Waals surface area (Å²) in [7, 11) is 0. The van der Waals surface area contributed by atoms with Crippen molar-refractivity contribution in [2.24, 2.45) is 5.73 Å². The van der Waals surface area contributed by atoms with Gasteiger partial charge in [-0.2, -0.15) is 0 Å². The Kier molecular flexibility index (Phi) is 2.71. The Morgan fingerprint density at radius 1 is 1.64 bits per heavy atom. The fourth-order valence-electron chi connectivity index (χ4n) is 1.19.